The van der Waals surface area contributed by atoms with Gasteiger partial charge in [0.05, 0.1) is 0 Å². The first-order valence-electron chi connectivity index (χ1n) is 8.72. The van der Waals surface area contributed by atoms with E-state index in [2.05, 4.69) is 22.0 Å². The van der Waals surface area contributed by atoms with Crippen LogP contribution in [-0.4, -0.2) is 61.3 Å². The molecule has 2 heterocycles. The second kappa shape index (κ2) is 7.51. The zero-order valence-corrected chi connectivity index (χ0v) is 15.1. The number of amides is 1. The zero-order valence-electron chi connectivity index (χ0n) is 15.1. The van der Waals surface area contributed by atoms with Gasteiger partial charge in [-0.1, -0.05) is 19.1 Å². The number of piperazine rings is 1. The summed E-state index contributed by atoms with van der Waals surface area (Å²) in [6, 6.07) is 11.9. The maximum absolute atomic E-state index is 12.6. The monoisotopic (exact) mass is 339 g/mol. The molecule has 25 heavy (non-hydrogen) atoms. The lowest BCUT2D eigenvalue weighted by atomic mass is 10.1. The minimum absolute atomic E-state index is 0.108. The van der Waals surface area contributed by atoms with Crippen LogP contribution < -0.4 is 9.80 Å². The van der Waals surface area contributed by atoms with Gasteiger partial charge in [-0.2, -0.15) is 0 Å². The molecule has 6 heteroatoms. The predicted octanol–water partition coefficient (Wildman–Crippen LogP) is 2.07. The van der Waals surface area contributed by atoms with Crippen LogP contribution in [0.1, 0.15) is 22.8 Å². The Hall–Kier alpha value is -2.63. The molecule has 1 aliphatic rings. The van der Waals surface area contributed by atoms with Crippen molar-refractivity contribution in [1.29, 1.82) is 0 Å². The van der Waals surface area contributed by atoms with Crippen molar-refractivity contribution in [2.24, 2.45) is 0 Å². The highest BCUT2D eigenvalue weighted by atomic mass is 16.2. The van der Waals surface area contributed by atoms with E-state index in [1.54, 1.807) is 0 Å². The highest BCUT2D eigenvalue weighted by molar-refractivity contribution is 5.94. The minimum atomic E-state index is 0.108. The van der Waals surface area contributed by atoms with Crippen molar-refractivity contribution in [3.63, 3.8) is 0 Å². The molecule has 0 saturated carbocycles. The van der Waals surface area contributed by atoms with Gasteiger partial charge in [0.25, 0.3) is 5.91 Å². The molecule has 1 fully saturated rings. The molecule has 132 valence electrons. The summed E-state index contributed by atoms with van der Waals surface area (Å²) in [6.07, 6.45) is 0.987. The van der Waals surface area contributed by atoms with Gasteiger partial charge in [-0.15, -0.1) is 10.2 Å². The molecule has 6 nitrogen and oxygen atoms in total. The Kier molecular flexibility index (Phi) is 5.16. The number of rotatable bonds is 4. The van der Waals surface area contributed by atoms with E-state index in [0.717, 1.165) is 36.7 Å². The van der Waals surface area contributed by atoms with Gasteiger partial charge in [0.1, 0.15) is 0 Å². The highest BCUT2D eigenvalue weighted by Gasteiger charge is 2.23. The van der Waals surface area contributed by atoms with Gasteiger partial charge >= 0.3 is 0 Å². The molecular formula is C19H25N5O. The number of hydrogen-bond donors (Lipinski definition) is 0. The number of nitrogens with zero attached hydrogens (tertiary/aromatic N) is 5. The zero-order chi connectivity index (χ0) is 17.8. The molecule has 1 aliphatic heterocycles. The number of benzene rings is 1. The molecule has 0 bridgehead atoms. The van der Waals surface area contributed by atoms with Crippen LogP contribution >= 0.6 is 0 Å². The Bertz CT molecular complexity index is 704. The number of carbonyl (C=O) groups excluding carboxylic acids is 1. The van der Waals surface area contributed by atoms with Crippen LogP contribution in [0.5, 0.6) is 0 Å². The number of aryl methyl sites for hydroxylation is 1. The van der Waals surface area contributed by atoms with E-state index in [4.69, 9.17) is 0 Å². The fraction of sp³-hybridized carbons (Fsp3) is 0.421. The van der Waals surface area contributed by atoms with Crippen LogP contribution in [0, 0.1) is 0 Å². The van der Waals surface area contributed by atoms with Crippen LogP contribution in [0.25, 0.3) is 0 Å². The summed E-state index contributed by atoms with van der Waals surface area (Å²) in [7, 11) is 3.89. The minimum Gasteiger partial charge on any atom is -0.361 e. The number of anilines is 2. The van der Waals surface area contributed by atoms with E-state index in [9.17, 15) is 4.79 Å². The van der Waals surface area contributed by atoms with Crippen LogP contribution in [0.15, 0.2) is 36.4 Å². The molecule has 0 N–H and O–H groups in total. The Balaban J connectivity index is 1.60. The predicted molar refractivity (Wildman–Crippen MR) is 100 cm³/mol. The van der Waals surface area contributed by atoms with E-state index < -0.39 is 0 Å². The number of hydrogen-bond acceptors (Lipinski definition) is 5. The SMILES string of the molecule is CCc1ccc(C(=O)N2CCN(c3ccc(N(C)C)nn3)CC2)cc1. The van der Waals surface area contributed by atoms with Crippen molar-refractivity contribution >= 4 is 17.5 Å². The third kappa shape index (κ3) is 3.90. The van der Waals surface area contributed by atoms with Gasteiger partial charge < -0.3 is 14.7 Å². The topological polar surface area (TPSA) is 52.6 Å². The fourth-order valence-electron chi connectivity index (χ4n) is 2.93. The summed E-state index contributed by atoms with van der Waals surface area (Å²) in [5.74, 6) is 1.81. The molecule has 0 atom stereocenters. The highest BCUT2D eigenvalue weighted by Crippen LogP contribution is 2.17. The van der Waals surface area contributed by atoms with Crippen molar-refractivity contribution < 1.29 is 4.79 Å². The third-order valence-electron chi connectivity index (χ3n) is 4.59. The van der Waals surface area contributed by atoms with E-state index >= 15 is 0 Å². The maximum Gasteiger partial charge on any atom is 0.253 e. The second-order valence-corrected chi connectivity index (χ2v) is 6.47. The lowest BCUT2D eigenvalue weighted by molar-refractivity contribution is 0.0746. The summed E-state index contributed by atoms with van der Waals surface area (Å²) < 4.78 is 0. The Labute approximate surface area is 149 Å². The molecule has 2 aromatic rings. The Morgan fingerprint density at radius 1 is 1.00 bits per heavy atom. The molecule has 3 rings (SSSR count). The first-order valence-corrected chi connectivity index (χ1v) is 8.72. The molecule has 1 saturated heterocycles. The first-order chi connectivity index (χ1) is 12.1. The Morgan fingerprint density at radius 2 is 1.68 bits per heavy atom. The summed E-state index contributed by atoms with van der Waals surface area (Å²) in [5, 5.41) is 8.53. The van der Waals surface area contributed by atoms with Crippen molar-refractivity contribution in [1.82, 2.24) is 15.1 Å². The molecule has 0 unspecified atom stereocenters. The third-order valence-corrected chi connectivity index (χ3v) is 4.59. The van der Waals surface area contributed by atoms with Crippen LogP contribution in [-0.2, 0) is 6.42 Å². The largest absolute Gasteiger partial charge is 0.361 e. The number of carbonyl (C=O) groups is 1. The molecule has 0 radical (unpaired) electrons. The van der Waals surface area contributed by atoms with Gasteiger partial charge in [0, 0.05) is 45.8 Å². The maximum atomic E-state index is 12.6. The van der Waals surface area contributed by atoms with Gasteiger partial charge in [0.15, 0.2) is 11.6 Å². The Morgan fingerprint density at radius 3 is 2.20 bits per heavy atom. The molecular weight excluding hydrogens is 314 g/mol. The van der Waals surface area contributed by atoms with Crippen LogP contribution in [0.4, 0.5) is 11.6 Å². The number of aromatic nitrogens is 2. The standard InChI is InChI=1S/C19H25N5O/c1-4-15-5-7-16(8-6-15)19(25)24-13-11-23(12-14-24)18-10-9-17(20-21-18)22(2)3/h5-10H,4,11-14H2,1-3H3. The van der Waals surface area contributed by atoms with Crippen molar-refractivity contribution in [3.05, 3.63) is 47.5 Å². The summed E-state index contributed by atoms with van der Waals surface area (Å²) in [4.78, 5) is 18.7. The van der Waals surface area contributed by atoms with E-state index in [1.165, 1.54) is 5.56 Å². The van der Waals surface area contributed by atoms with Gasteiger partial charge in [-0.25, -0.2) is 0 Å². The summed E-state index contributed by atoms with van der Waals surface area (Å²) >= 11 is 0. The molecule has 0 aliphatic carbocycles. The molecule has 1 aromatic carbocycles. The second-order valence-electron chi connectivity index (χ2n) is 6.47. The van der Waals surface area contributed by atoms with Crippen LogP contribution in [0.3, 0.4) is 0 Å². The van der Waals surface area contributed by atoms with E-state index in [-0.39, 0.29) is 5.91 Å². The summed E-state index contributed by atoms with van der Waals surface area (Å²) in [6.45, 7) is 5.06. The molecule has 1 amide bonds. The summed E-state index contributed by atoms with van der Waals surface area (Å²) in [5.41, 5.74) is 2.02. The average Bonchev–Trinajstić information content (AvgIpc) is 2.67. The van der Waals surface area contributed by atoms with E-state index in [0.29, 0.717) is 13.1 Å². The smallest absolute Gasteiger partial charge is 0.253 e. The van der Waals surface area contributed by atoms with Crippen LogP contribution in [0.2, 0.25) is 0 Å². The molecule has 1 aromatic heterocycles. The lowest BCUT2D eigenvalue weighted by Gasteiger charge is -2.35. The van der Waals surface area contributed by atoms with Gasteiger partial charge in [-0.05, 0) is 36.2 Å². The van der Waals surface area contributed by atoms with Crippen molar-refractivity contribution in [3.8, 4) is 0 Å². The lowest BCUT2D eigenvalue weighted by Crippen LogP contribution is -2.49. The van der Waals surface area contributed by atoms with Crippen molar-refractivity contribution in [2.75, 3.05) is 50.1 Å². The molecule has 0 spiro atoms. The fourth-order valence-corrected chi connectivity index (χ4v) is 2.93. The first kappa shape index (κ1) is 17.2. The van der Waals surface area contributed by atoms with Crippen molar-refractivity contribution in [2.45, 2.75) is 13.3 Å². The quantitative estimate of drug-likeness (QED) is 0.853. The van der Waals surface area contributed by atoms with Gasteiger partial charge in [0.2, 0.25) is 0 Å². The van der Waals surface area contributed by atoms with Gasteiger partial charge in [-0.3, -0.25) is 4.79 Å². The normalized spacial score (nSPS) is 14.5. The van der Waals surface area contributed by atoms with E-state index in [1.807, 2.05) is 60.3 Å². The average molecular weight is 339 g/mol.